The van der Waals surface area contributed by atoms with E-state index in [1.54, 1.807) is 12.3 Å². The molecule has 0 saturated carbocycles. The Balaban J connectivity index is 1.31. The first-order valence-corrected chi connectivity index (χ1v) is 10.3. The summed E-state index contributed by atoms with van der Waals surface area (Å²) in [6, 6.07) is 5.31. The van der Waals surface area contributed by atoms with Gasteiger partial charge in [-0.1, -0.05) is 6.92 Å². The van der Waals surface area contributed by atoms with Gasteiger partial charge in [0.25, 0.3) is 5.91 Å². The maximum atomic E-state index is 12.2. The molecule has 2 aliphatic rings. The van der Waals surface area contributed by atoms with Crippen LogP contribution in [0.25, 0.3) is 0 Å². The molecule has 1 saturated heterocycles. The lowest BCUT2D eigenvalue weighted by atomic mass is 9.92. The number of anilines is 2. The molecule has 158 valence electrons. The number of carbonyl (C=O) groups is 2. The standard InChI is InChI=1S/C22H28N6O2/c1-3-15-10-16-12-24-17(11-20(16)26-21(15)29)14-27-6-8-28(9-7-27)18-4-5-19(25-13-18)22(30)23-2/h4-5,11-13,15H,3,6-10,14H2,1-2H3,(H,23,30)(H,26,29)/i2D3. The molecule has 4 rings (SSSR count). The summed E-state index contributed by atoms with van der Waals surface area (Å²) in [5.74, 6) is -0.602. The maximum absolute atomic E-state index is 12.2. The van der Waals surface area contributed by atoms with Crippen molar-refractivity contribution in [3.63, 3.8) is 0 Å². The highest BCUT2D eigenvalue weighted by Crippen LogP contribution is 2.27. The van der Waals surface area contributed by atoms with Gasteiger partial charge in [-0.05, 0) is 36.6 Å². The molecule has 0 aromatic carbocycles. The number of hydrogen-bond acceptors (Lipinski definition) is 6. The maximum Gasteiger partial charge on any atom is 0.269 e. The van der Waals surface area contributed by atoms with Gasteiger partial charge in [0.1, 0.15) is 5.69 Å². The van der Waals surface area contributed by atoms with Crippen molar-refractivity contribution in [2.24, 2.45) is 5.92 Å². The van der Waals surface area contributed by atoms with Crippen LogP contribution in [0.2, 0.25) is 0 Å². The quantitative estimate of drug-likeness (QED) is 0.778. The smallest absolute Gasteiger partial charge is 0.269 e. The van der Waals surface area contributed by atoms with E-state index in [-0.39, 0.29) is 17.5 Å². The first-order valence-electron chi connectivity index (χ1n) is 11.8. The van der Waals surface area contributed by atoms with E-state index < -0.39 is 12.9 Å². The van der Waals surface area contributed by atoms with Crippen molar-refractivity contribution in [2.75, 3.05) is 43.4 Å². The van der Waals surface area contributed by atoms with Gasteiger partial charge in [0.05, 0.1) is 17.6 Å². The zero-order valence-corrected chi connectivity index (χ0v) is 17.0. The van der Waals surface area contributed by atoms with E-state index in [0.717, 1.165) is 61.7 Å². The summed E-state index contributed by atoms with van der Waals surface area (Å²) in [7, 11) is 0. The number of amides is 2. The minimum absolute atomic E-state index is 0.0257. The fourth-order valence-electron chi connectivity index (χ4n) is 3.98. The predicted molar refractivity (Wildman–Crippen MR) is 115 cm³/mol. The molecular weight excluding hydrogens is 380 g/mol. The number of nitrogens with zero attached hydrogens (tertiary/aromatic N) is 4. The Morgan fingerprint density at radius 3 is 2.80 bits per heavy atom. The summed E-state index contributed by atoms with van der Waals surface area (Å²) < 4.78 is 21.4. The van der Waals surface area contributed by atoms with Crippen molar-refractivity contribution in [1.82, 2.24) is 20.2 Å². The van der Waals surface area contributed by atoms with Crippen LogP contribution in [-0.2, 0) is 17.8 Å². The largest absolute Gasteiger partial charge is 0.368 e. The molecule has 4 heterocycles. The Labute approximate surface area is 180 Å². The summed E-state index contributed by atoms with van der Waals surface area (Å²) in [4.78, 5) is 37.3. The molecule has 0 bridgehead atoms. The highest BCUT2D eigenvalue weighted by atomic mass is 16.2. The Bertz CT molecular complexity index is 1020. The number of fused-ring (bicyclic) bond motifs is 1. The van der Waals surface area contributed by atoms with E-state index in [4.69, 9.17) is 4.11 Å². The number of hydrogen-bond donors (Lipinski definition) is 2. The van der Waals surface area contributed by atoms with Gasteiger partial charge in [-0.25, -0.2) is 4.98 Å². The van der Waals surface area contributed by atoms with Crippen molar-refractivity contribution in [3.8, 4) is 0 Å². The second-order valence-electron chi connectivity index (χ2n) is 7.75. The van der Waals surface area contributed by atoms with Crippen LogP contribution in [0.15, 0.2) is 30.6 Å². The SMILES string of the molecule is [2H]C([2H])([2H])NC(=O)c1ccc(N2CCN(Cc3cc4c(cn3)CC(CC)C(=O)N4)CC2)cn1. The van der Waals surface area contributed by atoms with Crippen molar-refractivity contribution >= 4 is 23.2 Å². The molecule has 2 amide bonds. The molecule has 1 atom stereocenters. The molecule has 30 heavy (non-hydrogen) atoms. The zero-order chi connectivity index (χ0) is 23.6. The fourth-order valence-corrected chi connectivity index (χ4v) is 3.98. The van der Waals surface area contributed by atoms with Gasteiger partial charge in [0.2, 0.25) is 5.91 Å². The number of carbonyl (C=O) groups excluding carboxylic acids is 2. The Kier molecular flexibility index (Phi) is 4.91. The third-order valence-electron chi connectivity index (χ3n) is 5.85. The molecule has 0 radical (unpaired) electrons. The Morgan fingerprint density at radius 2 is 2.10 bits per heavy atom. The van der Waals surface area contributed by atoms with Gasteiger partial charge in [0.15, 0.2) is 0 Å². The molecule has 2 N–H and O–H groups in total. The number of piperazine rings is 1. The van der Waals surface area contributed by atoms with Crippen molar-refractivity contribution in [1.29, 1.82) is 0 Å². The highest BCUT2D eigenvalue weighted by molar-refractivity contribution is 5.95. The average molecular weight is 412 g/mol. The number of pyridine rings is 2. The van der Waals surface area contributed by atoms with E-state index in [1.165, 1.54) is 6.07 Å². The van der Waals surface area contributed by atoms with Gasteiger partial charge < -0.3 is 15.5 Å². The van der Waals surface area contributed by atoms with Crippen LogP contribution in [0.3, 0.4) is 0 Å². The summed E-state index contributed by atoms with van der Waals surface area (Å²) in [6.45, 7) is 3.46. The van der Waals surface area contributed by atoms with Crippen LogP contribution in [0.1, 0.15) is 39.2 Å². The number of nitrogens with one attached hydrogen (secondary N) is 2. The lowest BCUT2D eigenvalue weighted by Crippen LogP contribution is -2.46. The molecule has 0 spiro atoms. The molecule has 8 nitrogen and oxygen atoms in total. The van der Waals surface area contributed by atoms with Crippen LogP contribution >= 0.6 is 0 Å². The minimum Gasteiger partial charge on any atom is -0.368 e. The molecule has 8 heteroatoms. The van der Waals surface area contributed by atoms with Gasteiger partial charge >= 0.3 is 0 Å². The molecule has 2 aliphatic heterocycles. The monoisotopic (exact) mass is 411 g/mol. The average Bonchev–Trinajstić information content (AvgIpc) is 2.78. The van der Waals surface area contributed by atoms with E-state index >= 15 is 0 Å². The van der Waals surface area contributed by atoms with Crippen molar-refractivity contribution < 1.29 is 13.7 Å². The molecular formula is C22H28N6O2. The van der Waals surface area contributed by atoms with Crippen LogP contribution in [0, 0.1) is 5.92 Å². The lowest BCUT2D eigenvalue weighted by Gasteiger charge is -2.36. The molecule has 1 fully saturated rings. The summed E-state index contributed by atoms with van der Waals surface area (Å²) in [5, 5.41) is 4.96. The summed E-state index contributed by atoms with van der Waals surface area (Å²) in [5.41, 5.74) is 3.87. The third-order valence-corrected chi connectivity index (χ3v) is 5.85. The van der Waals surface area contributed by atoms with E-state index in [0.29, 0.717) is 6.54 Å². The normalized spacial score (nSPS) is 21.1. The highest BCUT2D eigenvalue weighted by Gasteiger charge is 2.25. The molecule has 1 unspecified atom stereocenters. The summed E-state index contributed by atoms with van der Waals surface area (Å²) in [6.07, 6.45) is 5.05. The molecule has 2 aromatic heterocycles. The topological polar surface area (TPSA) is 90.5 Å². The molecule has 2 aromatic rings. The van der Waals surface area contributed by atoms with Crippen molar-refractivity contribution in [2.45, 2.75) is 26.3 Å². The van der Waals surface area contributed by atoms with Crippen LogP contribution in [-0.4, -0.2) is 59.8 Å². The minimum atomic E-state index is -2.54. The Hall–Kier alpha value is -3.00. The second-order valence-corrected chi connectivity index (χ2v) is 7.75. The van der Waals surface area contributed by atoms with Crippen LogP contribution < -0.4 is 15.5 Å². The fraction of sp³-hybridized carbons (Fsp3) is 0.455. The second kappa shape index (κ2) is 8.79. The van der Waals surface area contributed by atoms with Gasteiger partial charge in [-0.15, -0.1) is 0 Å². The van der Waals surface area contributed by atoms with E-state index in [9.17, 15) is 9.59 Å². The van der Waals surface area contributed by atoms with Crippen LogP contribution in [0.4, 0.5) is 11.4 Å². The van der Waals surface area contributed by atoms with E-state index in [2.05, 4.69) is 25.1 Å². The van der Waals surface area contributed by atoms with Gasteiger partial charge in [-0.3, -0.25) is 19.5 Å². The predicted octanol–water partition coefficient (Wildman–Crippen LogP) is 1.68. The zero-order valence-electron chi connectivity index (χ0n) is 20.0. The van der Waals surface area contributed by atoms with Crippen molar-refractivity contribution in [3.05, 3.63) is 47.5 Å². The summed E-state index contributed by atoms with van der Waals surface area (Å²) >= 11 is 0. The number of rotatable bonds is 5. The third kappa shape index (κ3) is 4.28. The van der Waals surface area contributed by atoms with Crippen LogP contribution in [0.5, 0.6) is 0 Å². The van der Waals surface area contributed by atoms with Gasteiger partial charge in [-0.2, -0.15) is 0 Å². The first-order chi connectivity index (χ1) is 15.7. The van der Waals surface area contributed by atoms with Gasteiger partial charge in [0, 0.05) is 61.6 Å². The first kappa shape index (κ1) is 16.8. The molecule has 0 aliphatic carbocycles. The van der Waals surface area contributed by atoms with E-state index in [1.807, 2.05) is 24.5 Å². The lowest BCUT2D eigenvalue weighted by molar-refractivity contribution is -0.120. The number of aromatic nitrogens is 2. The Morgan fingerprint density at radius 1 is 1.27 bits per heavy atom.